The smallest absolute Gasteiger partial charge is 0.119 e. The Hall–Kier alpha value is -1.10. The number of rotatable bonds is 7. The molecule has 1 aromatic rings. The van der Waals surface area contributed by atoms with Gasteiger partial charge in [-0.05, 0) is 38.1 Å². The van der Waals surface area contributed by atoms with Crippen LogP contribution >= 0.6 is 0 Å². The molecule has 0 spiro atoms. The van der Waals surface area contributed by atoms with Crippen LogP contribution in [0.5, 0.6) is 5.75 Å². The Labute approximate surface area is 127 Å². The lowest BCUT2D eigenvalue weighted by Crippen LogP contribution is -2.46. The van der Waals surface area contributed by atoms with Gasteiger partial charge in [-0.15, -0.1) is 0 Å². The summed E-state index contributed by atoms with van der Waals surface area (Å²) in [5.74, 6) is 0.931. The van der Waals surface area contributed by atoms with Crippen molar-refractivity contribution in [3.8, 4) is 5.75 Å². The lowest BCUT2D eigenvalue weighted by molar-refractivity contribution is -0.0770. The van der Waals surface area contributed by atoms with Gasteiger partial charge in [0.2, 0.25) is 0 Å². The number of hydrogen-bond acceptors (Lipinski definition) is 4. The van der Waals surface area contributed by atoms with Crippen molar-refractivity contribution in [2.45, 2.75) is 31.8 Å². The summed E-state index contributed by atoms with van der Waals surface area (Å²) in [6.45, 7) is 5.74. The summed E-state index contributed by atoms with van der Waals surface area (Å²) in [4.78, 5) is 2.19. The van der Waals surface area contributed by atoms with Crippen molar-refractivity contribution in [3.63, 3.8) is 0 Å². The summed E-state index contributed by atoms with van der Waals surface area (Å²) >= 11 is 0. The summed E-state index contributed by atoms with van der Waals surface area (Å²) in [6.07, 6.45) is 2.42. The lowest BCUT2D eigenvalue weighted by Gasteiger charge is -2.35. The summed E-state index contributed by atoms with van der Waals surface area (Å²) in [5, 5.41) is 10.5. The Balaban J connectivity index is 1.64. The van der Waals surface area contributed by atoms with Gasteiger partial charge in [0.05, 0.1) is 12.2 Å². The van der Waals surface area contributed by atoms with Crippen LogP contribution in [0.4, 0.5) is 0 Å². The number of benzene rings is 1. The highest BCUT2D eigenvalue weighted by Gasteiger charge is 2.30. The maximum atomic E-state index is 10.5. The maximum absolute atomic E-state index is 10.5. The van der Waals surface area contributed by atoms with E-state index in [2.05, 4.69) is 31.0 Å². The molecule has 4 heteroatoms. The summed E-state index contributed by atoms with van der Waals surface area (Å²) < 4.78 is 11.0. The van der Waals surface area contributed by atoms with Crippen LogP contribution in [0.15, 0.2) is 24.3 Å². The molecule has 2 rings (SSSR count). The Kier molecular flexibility index (Phi) is 6.03. The molecule has 1 saturated heterocycles. The maximum Gasteiger partial charge on any atom is 0.119 e. The molecule has 1 N–H and O–H groups in total. The molecule has 0 saturated carbocycles. The van der Waals surface area contributed by atoms with Crippen molar-refractivity contribution in [1.82, 2.24) is 4.90 Å². The molecular formula is C17H27NO3. The number of hydrogen-bond donors (Lipinski definition) is 1. The van der Waals surface area contributed by atoms with Crippen LogP contribution in [0.1, 0.15) is 24.8 Å². The Morgan fingerprint density at radius 1 is 1.33 bits per heavy atom. The van der Waals surface area contributed by atoms with Crippen molar-refractivity contribution in [2.24, 2.45) is 0 Å². The van der Waals surface area contributed by atoms with Crippen molar-refractivity contribution in [1.29, 1.82) is 0 Å². The van der Waals surface area contributed by atoms with E-state index in [-0.39, 0.29) is 0 Å². The van der Waals surface area contributed by atoms with Crippen LogP contribution in [0, 0.1) is 6.92 Å². The SMILES string of the molecule is Cc1cccc(OCCCN(C)CC2(O)CCOCC2)c1. The Morgan fingerprint density at radius 2 is 2.10 bits per heavy atom. The predicted octanol–water partition coefficient (Wildman–Crippen LogP) is 2.24. The van der Waals surface area contributed by atoms with Gasteiger partial charge >= 0.3 is 0 Å². The number of aliphatic hydroxyl groups is 1. The summed E-state index contributed by atoms with van der Waals surface area (Å²) in [6, 6.07) is 8.11. The van der Waals surface area contributed by atoms with Gasteiger partial charge < -0.3 is 19.5 Å². The fourth-order valence-electron chi connectivity index (χ4n) is 2.72. The summed E-state index contributed by atoms with van der Waals surface area (Å²) in [5.41, 5.74) is 0.635. The van der Waals surface area contributed by atoms with E-state index in [0.717, 1.165) is 31.6 Å². The van der Waals surface area contributed by atoms with Gasteiger partial charge in [0, 0.05) is 39.1 Å². The second kappa shape index (κ2) is 7.78. The van der Waals surface area contributed by atoms with Gasteiger partial charge in [0.1, 0.15) is 5.75 Å². The number of ether oxygens (including phenoxy) is 2. The lowest BCUT2D eigenvalue weighted by atomic mass is 9.94. The molecule has 0 unspecified atom stereocenters. The number of aryl methyl sites for hydroxylation is 1. The van der Waals surface area contributed by atoms with Gasteiger partial charge in [0.15, 0.2) is 0 Å². The van der Waals surface area contributed by atoms with Crippen molar-refractivity contribution >= 4 is 0 Å². The second-order valence-electron chi connectivity index (χ2n) is 6.09. The van der Waals surface area contributed by atoms with E-state index in [0.29, 0.717) is 26.4 Å². The minimum atomic E-state index is -0.579. The normalized spacial score (nSPS) is 17.9. The molecule has 4 nitrogen and oxygen atoms in total. The molecule has 1 aliphatic heterocycles. The molecule has 0 amide bonds. The van der Waals surface area contributed by atoms with Crippen LogP contribution in [-0.2, 0) is 4.74 Å². The van der Waals surface area contributed by atoms with Crippen LogP contribution in [0.25, 0.3) is 0 Å². The zero-order valence-corrected chi connectivity index (χ0v) is 13.2. The Bertz CT molecular complexity index is 430. The third-order valence-corrected chi connectivity index (χ3v) is 3.93. The minimum absolute atomic E-state index is 0.579. The second-order valence-corrected chi connectivity index (χ2v) is 6.09. The first-order chi connectivity index (χ1) is 10.1. The first kappa shape index (κ1) is 16.3. The fourth-order valence-corrected chi connectivity index (χ4v) is 2.72. The molecule has 1 heterocycles. The molecule has 0 aliphatic carbocycles. The van der Waals surface area contributed by atoms with Gasteiger partial charge in [-0.2, -0.15) is 0 Å². The monoisotopic (exact) mass is 293 g/mol. The van der Waals surface area contributed by atoms with Crippen molar-refractivity contribution in [3.05, 3.63) is 29.8 Å². The van der Waals surface area contributed by atoms with Gasteiger partial charge in [-0.25, -0.2) is 0 Å². The van der Waals surface area contributed by atoms with E-state index in [1.165, 1.54) is 5.56 Å². The third kappa shape index (κ3) is 5.65. The first-order valence-electron chi connectivity index (χ1n) is 7.76. The molecule has 1 fully saturated rings. The van der Waals surface area contributed by atoms with Gasteiger partial charge in [-0.1, -0.05) is 12.1 Å². The van der Waals surface area contributed by atoms with Crippen LogP contribution in [0.3, 0.4) is 0 Å². The highest BCUT2D eigenvalue weighted by molar-refractivity contribution is 5.27. The highest BCUT2D eigenvalue weighted by Crippen LogP contribution is 2.21. The van der Waals surface area contributed by atoms with Crippen LogP contribution in [-0.4, -0.2) is 55.6 Å². The predicted molar refractivity (Wildman–Crippen MR) is 83.8 cm³/mol. The standard InChI is InChI=1S/C17H27NO3/c1-15-5-3-6-16(13-15)21-10-4-9-18(2)14-17(19)7-11-20-12-8-17/h3,5-6,13,19H,4,7-12,14H2,1-2H3. The molecule has 21 heavy (non-hydrogen) atoms. The number of nitrogens with zero attached hydrogens (tertiary/aromatic N) is 1. The summed E-state index contributed by atoms with van der Waals surface area (Å²) in [7, 11) is 2.06. The average molecular weight is 293 g/mol. The molecule has 0 bridgehead atoms. The first-order valence-corrected chi connectivity index (χ1v) is 7.76. The molecule has 118 valence electrons. The topological polar surface area (TPSA) is 41.9 Å². The number of likely N-dealkylation sites (N-methyl/N-ethyl adjacent to an activating group) is 1. The van der Waals surface area contributed by atoms with Crippen LogP contribution < -0.4 is 4.74 Å². The van der Waals surface area contributed by atoms with E-state index < -0.39 is 5.60 Å². The van der Waals surface area contributed by atoms with Crippen molar-refractivity contribution < 1.29 is 14.6 Å². The molecule has 0 atom stereocenters. The molecule has 1 aliphatic rings. The van der Waals surface area contributed by atoms with Gasteiger partial charge in [-0.3, -0.25) is 0 Å². The quantitative estimate of drug-likeness (QED) is 0.783. The zero-order valence-electron chi connectivity index (χ0n) is 13.2. The Morgan fingerprint density at radius 3 is 2.81 bits per heavy atom. The molecule has 0 radical (unpaired) electrons. The highest BCUT2D eigenvalue weighted by atomic mass is 16.5. The fraction of sp³-hybridized carbons (Fsp3) is 0.647. The third-order valence-electron chi connectivity index (χ3n) is 3.93. The van der Waals surface area contributed by atoms with E-state index in [1.54, 1.807) is 0 Å². The van der Waals surface area contributed by atoms with E-state index >= 15 is 0 Å². The van der Waals surface area contributed by atoms with E-state index in [9.17, 15) is 5.11 Å². The molecular weight excluding hydrogens is 266 g/mol. The van der Waals surface area contributed by atoms with E-state index in [4.69, 9.17) is 9.47 Å². The zero-order chi connectivity index (χ0) is 15.1. The van der Waals surface area contributed by atoms with Crippen molar-refractivity contribution in [2.75, 3.05) is 40.0 Å². The molecule has 1 aromatic carbocycles. The van der Waals surface area contributed by atoms with Gasteiger partial charge in [0.25, 0.3) is 0 Å². The largest absolute Gasteiger partial charge is 0.494 e. The minimum Gasteiger partial charge on any atom is -0.494 e. The van der Waals surface area contributed by atoms with E-state index in [1.807, 2.05) is 12.1 Å². The average Bonchev–Trinajstić information content (AvgIpc) is 2.44. The molecule has 0 aromatic heterocycles. The van der Waals surface area contributed by atoms with Crippen LogP contribution in [0.2, 0.25) is 0 Å².